The zero-order valence-electron chi connectivity index (χ0n) is 16.9. The molecule has 1 N–H and O–H groups in total. The van der Waals surface area contributed by atoms with E-state index in [0.29, 0.717) is 16.7 Å². The van der Waals surface area contributed by atoms with Crippen molar-refractivity contribution < 1.29 is 18.4 Å². The van der Waals surface area contributed by atoms with Gasteiger partial charge >= 0.3 is 0 Å². The summed E-state index contributed by atoms with van der Waals surface area (Å²) in [6, 6.07) is 9.04. The third-order valence-corrected chi connectivity index (χ3v) is 6.96. The van der Waals surface area contributed by atoms with E-state index in [0.717, 1.165) is 23.9 Å². The van der Waals surface area contributed by atoms with Gasteiger partial charge in [0.2, 0.25) is 0 Å². The van der Waals surface area contributed by atoms with Gasteiger partial charge in [-0.15, -0.1) is 4.31 Å². The lowest BCUT2D eigenvalue weighted by Crippen LogP contribution is -2.53. The molecule has 4 nitrogen and oxygen atoms in total. The van der Waals surface area contributed by atoms with Crippen molar-refractivity contribution in [1.29, 1.82) is 0 Å². The van der Waals surface area contributed by atoms with Crippen LogP contribution in [0.3, 0.4) is 0 Å². The molecule has 1 aliphatic rings. The van der Waals surface area contributed by atoms with E-state index in [9.17, 15) is 18.4 Å². The summed E-state index contributed by atoms with van der Waals surface area (Å²) in [7, 11) is 0. The van der Waals surface area contributed by atoms with Gasteiger partial charge in [0.25, 0.3) is 0 Å². The zero-order chi connectivity index (χ0) is 20.9. The summed E-state index contributed by atoms with van der Waals surface area (Å²) in [6.45, 7) is 4.37. The maximum absolute atomic E-state index is 13.8. The Balaban J connectivity index is 1.70. The van der Waals surface area contributed by atoms with E-state index >= 15 is 0 Å². The Bertz CT molecular complexity index is 985. The molecule has 4 rings (SSSR count). The first-order valence-corrected chi connectivity index (χ1v) is 11.4. The molecule has 1 heterocycles. The summed E-state index contributed by atoms with van der Waals surface area (Å²) in [6.07, 6.45) is 3.60. The normalized spacial score (nSPS) is 22.8. The van der Waals surface area contributed by atoms with Crippen LogP contribution in [0.2, 0.25) is 0 Å². The number of hydrogen-bond donors (Lipinski definition) is 1. The molecule has 0 bridgehead atoms. The molecule has 2 unspecified atom stereocenters. The van der Waals surface area contributed by atoms with Crippen molar-refractivity contribution in [3.63, 3.8) is 0 Å². The molecular formula is C22H26F2N2O2S. The fourth-order valence-corrected chi connectivity index (χ4v) is 5.52. The first kappa shape index (κ1) is 20.6. The Kier molecular flexibility index (Phi) is 5.36. The molecule has 29 heavy (non-hydrogen) atoms. The number of benzene rings is 2. The highest BCUT2D eigenvalue weighted by atomic mass is 32.2. The van der Waals surface area contributed by atoms with Crippen LogP contribution in [0.1, 0.15) is 26.7 Å². The molecule has 0 saturated heterocycles. The van der Waals surface area contributed by atoms with Crippen molar-refractivity contribution in [2.24, 2.45) is 5.92 Å². The number of halogens is 2. The average Bonchev–Trinajstić information content (AvgIpc) is 2.89. The fraction of sp³-hybridized carbons (Fsp3) is 0.455. The van der Waals surface area contributed by atoms with Crippen molar-refractivity contribution >= 4 is 33.2 Å². The van der Waals surface area contributed by atoms with Crippen molar-refractivity contribution in [3.8, 4) is 0 Å². The van der Waals surface area contributed by atoms with Crippen LogP contribution in [0.15, 0.2) is 36.4 Å². The van der Waals surface area contributed by atoms with E-state index in [2.05, 4.69) is 6.92 Å². The van der Waals surface area contributed by atoms with Crippen molar-refractivity contribution in [1.82, 2.24) is 8.87 Å². The molecule has 1 fully saturated rings. The van der Waals surface area contributed by atoms with E-state index in [-0.39, 0.29) is 30.8 Å². The maximum atomic E-state index is 13.8. The van der Waals surface area contributed by atoms with Crippen molar-refractivity contribution in [2.75, 3.05) is 12.8 Å². The van der Waals surface area contributed by atoms with Crippen LogP contribution < -0.4 is 0 Å². The van der Waals surface area contributed by atoms with E-state index in [4.69, 9.17) is 0 Å². The number of aliphatic hydroxyl groups is 1. The maximum Gasteiger partial charge on any atom is 0.123 e. The summed E-state index contributed by atoms with van der Waals surface area (Å²) in [4.78, 5) is 0. The summed E-state index contributed by atoms with van der Waals surface area (Å²) >= 11 is -1.19. The van der Waals surface area contributed by atoms with Gasteiger partial charge in [0, 0.05) is 33.2 Å². The molecule has 0 amide bonds. The van der Waals surface area contributed by atoms with Crippen molar-refractivity contribution in [3.05, 3.63) is 48.0 Å². The lowest BCUT2D eigenvalue weighted by molar-refractivity contribution is 0.00590. The van der Waals surface area contributed by atoms with Gasteiger partial charge in [-0.3, -0.25) is 0 Å². The number of hydrogen-bond acceptors (Lipinski definition) is 3. The van der Waals surface area contributed by atoms with Crippen LogP contribution in [0.5, 0.6) is 0 Å². The van der Waals surface area contributed by atoms with Gasteiger partial charge in [0.1, 0.15) is 17.9 Å². The van der Waals surface area contributed by atoms with E-state index in [1.54, 1.807) is 25.3 Å². The Labute approximate surface area is 172 Å². The molecule has 2 aromatic carbocycles. The average molecular weight is 421 g/mol. The second-order valence-electron chi connectivity index (χ2n) is 8.64. The van der Waals surface area contributed by atoms with Gasteiger partial charge in [0.05, 0.1) is 24.7 Å². The van der Waals surface area contributed by atoms with E-state index in [1.807, 2.05) is 8.87 Å². The molecule has 0 aliphatic heterocycles. The summed E-state index contributed by atoms with van der Waals surface area (Å²) < 4.78 is 43.8. The monoisotopic (exact) mass is 420 g/mol. The van der Waals surface area contributed by atoms with Gasteiger partial charge in [-0.25, -0.2) is 8.78 Å². The minimum Gasteiger partial charge on any atom is -0.598 e. The number of nitrogens with zero attached hydrogens (tertiary/aromatic N) is 2. The van der Waals surface area contributed by atoms with Crippen LogP contribution in [0.4, 0.5) is 8.78 Å². The number of fused-ring (bicyclic) bond motifs is 3. The van der Waals surface area contributed by atoms with Crippen LogP contribution in [-0.2, 0) is 17.9 Å². The first-order chi connectivity index (χ1) is 13.6. The lowest BCUT2D eigenvalue weighted by Gasteiger charge is -2.42. The van der Waals surface area contributed by atoms with Gasteiger partial charge < -0.3 is 14.2 Å². The summed E-state index contributed by atoms with van der Waals surface area (Å²) in [5.74, 6) is -0.170. The van der Waals surface area contributed by atoms with Crippen LogP contribution in [0.25, 0.3) is 21.8 Å². The third-order valence-electron chi connectivity index (χ3n) is 5.87. The second-order valence-corrected chi connectivity index (χ2v) is 9.95. The van der Waals surface area contributed by atoms with Crippen LogP contribution >= 0.6 is 0 Å². The van der Waals surface area contributed by atoms with E-state index in [1.165, 1.54) is 24.3 Å². The minimum absolute atomic E-state index is 0.212. The Hall–Kier alpha value is -1.67. The highest BCUT2D eigenvalue weighted by Crippen LogP contribution is 2.35. The highest BCUT2D eigenvalue weighted by Gasteiger charge is 2.40. The standard InChI is InChI=1S/C22H26F2N2O2S/c1-14-8-17(9-14)26(29(3)28)13-22(2,27)12-25-20-6-4-15(23)10-18(20)19-11-16(24)5-7-21(19)25/h4-7,10-11,14,17,27H,8-9,12-13H2,1-3H3. The first-order valence-electron chi connectivity index (χ1n) is 9.84. The SMILES string of the molecule is CC1CC(N(CC(C)(O)Cn2c3ccc(F)cc3c3cc(F)ccc32)[S+](C)[O-])C1. The molecule has 0 radical (unpaired) electrons. The van der Waals surface area contributed by atoms with Gasteiger partial charge in [-0.05, 0) is 62.1 Å². The topological polar surface area (TPSA) is 51.5 Å². The quantitative estimate of drug-likeness (QED) is 0.608. The molecular weight excluding hydrogens is 394 g/mol. The Morgan fingerprint density at radius 3 is 2.10 bits per heavy atom. The molecule has 1 aromatic heterocycles. The Morgan fingerprint density at radius 2 is 1.66 bits per heavy atom. The predicted octanol–water partition coefficient (Wildman–Crippen LogP) is 4.22. The Morgan fingerprint density at radius 1 is 1.14 bits per heavy atom. The highest BCUT2D eigenvalue weighted by molar-refractivity contribution is 7.88. The van der Waals surface area contributed by atoms with Crippen LogP contribution in [0, 0.1) is 17.6 Å². The summed E-state index contributed by atoms with van der Waals surface area (Å²) in [5, 5.41) is 12.4. The largest absolute Gasteiger partial charge is 0.598 e. The second kappa shape index (κ2) is 7.54. The third kappa shape index (κ3) is 4.01. The van der Waals surface area contributed by atoms with Crippen molar-refractivity contribution in [2.45, 2.75) is 44.9 Å². The summed E-state index contributed by atoms with van der Waals surface area (Å²) in [5.41, 5.74) is 0.286. The molecule has 3 aromatic rings. The fourth-order valence-electron chi connectivity index (χ4n) is 4.47. The lowest BCUT2D eigenvalue weighted by atomic mass is 9.81. The molecule has 156 valence electrons. The van der Waals surface area contributed by atoms with Crippen LogP contribution in [-0.4, -0.2) is 43.0 Å². The number of rotatable bonds is 6. The minimum atomic E-state index is -1.19. The van der Waals surface area contributed by atoms with Gasteiger partial charge in [0.15, 0.2) is 0 Å². The predicted molar refractivity (Wildman–Crippen MR) is 113 cm³/mol. The van der Waals surface area contributed by atoms with Gasteiger partial charge in [-0.1, -0.05) is 6.92 Å². The molecule has 2 atom stereocenters. The molecule has 7 heteroatoms. The van der Waals surface area contributed by atoms with Gasteiger partial charge in [-0.2, -0.15) is 0 Å². The smallest absolute Gasteiger partial charge is 0.123 e. The molecule has 1 aliphatic carbocycles. The van der Waals surface area contributed by atoms with E-state index < -0.39 is 17.0 Å². The molecule has 0 spiro atoms. The zero-order valence-corrected chi connectivity index (χ0v) is 17.7. The number of aromatic nitrogens is 1. The molecule has 1 saturated carbocycles.